The van der Waals surface area contributed by atoms with E-state index in [0.717, 1.165) is 30.9 Å². The zero-order valence-electron chi connectivity index (χ0n) is 15.8. The van der Waals surface area contributed by atoms with E-state index in [1.165, 1.54) is 44.3 Å². The fourth-order valence-electron chi connectivity index (χ4n) is 6.52. The lowest BCUT2D eigenvalue weighted by atomic mass is 9.75. The molecule has 144 valence electrons. The minimum absolute atomic E-state index is 0.275. The van der Waals surface area contributed by atoms with Crippen molar-refractivity contribution in [3.8, 4) is 11.5 Å². The standard InChI is InChI=1S/C22H28N2O3/c25-22(15-3-1-2-4-15)24-12-17(16-5-6-18-19(11-16)27-13-26-18)21-20(24)14-7-9-23(21)10-8-14/h5-6,11,14-15,17,20-21H,1-4,7-10,12-13H2/t17-,20+,21+/m1/s1. The lowest BCUT2D eigenvalue weighted by molar-refractivity contribution is -0.140. The van der Waals surface area contributed by atoms with Gasteiger partial charge in [0.05, 0.1) is 6.04 Å². The molecule has 0 unspecified atom stereocenters. The first-order valence-corrected chi connectivity index (χ1v) is 10.7. The molecule has 7 rings (SSSR count). The van der Waals surface area contributed by atoms with Gasteiger partial charge >= 0.3 is 0 Å². The second kappa shape index (κ2) is 6.13. The summed E-state index contributed by atoms with van der Waals surface area (Å²) in [5.74, 6) is 3.50. The number of carbonyl (C=O) groups is 1. The lowest BCUT2D eigenvalue weighted by Crippen LogP contribution is -2.61. The molecule has 5 heterocycles. The minimum Gasteiger partial charge on any atom is -0.454 e. The van der Waals surface area contributed by atoms with Crippen LogP contribution in [0.1, 0.15) is 50.0 Å². The van der Waals surface area contributed by atoms with E-state index in [0.29, 0.717) is 36.6 Å². The van der Waals surface area contributed by atoms with Gasteiger partial charge in [0, 0.05) is 24.4 Å². The lowest BCUT2D eigenvalue weighted by Gasteiger charge is -2.51. The van der Waals surface area contributed by atoms with E-state index in [-0.39, 0.29) is 5.92 Å². The van der Waals surface area contributed by atoms with Gasteiger partial charge in [0.1, 0.15) is 0 Å². The van der Waals surface area contributed by atoms with Gasteiger partial charge in [0.25, 0.3) is 0 Å². The van der Waals surface area contributed by atoms with Crippen molar-refractivity contribution in [2.45, 2.75) is 56.5 Å². The van der Waals surface area contributed by atoms with Gasteiger partial charge < -0.3 is 14.4 Å². The van der Waals surface area contributed by atoms with E-state index in [1.54, 1.807) is 0 Å². The number of ether oxygens (including phenoxy) is 2. The molecule has 1 amide bonds. The Morgan fingerprint density at radius 1 is 0.963 bits per heavy atom. The van der Waals surface area contributed by atoms with Crippen LogP contribution in [0.4, 0.5) is 0 Å². The van der Waals surface area contributed by atoms with Crippen molar-refractivity contribution in [3.63, 3.8) is 0 Å². The van der Waals surface area contributed by atoms with Crippen LogP contribution in [-0.4, -0.2) is 54.2 Å². The van der Waals surface area contributed by atoms with Crippen molar-refractivity contribution >= 4 is 5.91 Å². The third-order valence-corrected chi connectivity index (χ3v) is 7.81. The van der Waals surface area contributed by atoms with E-state index in [2.05, 4.69) is 21.9 Å². The fourth-order valence-corrected chi connectivity index (χ4v) is 6.52. The third kappa shape index (κ3) is 2.43. The largest absolute Gasteiger partial charge is 0.454 e. The number of nitrogens with zero attached hydrogens (tertiary/aromatic N) is 2. The van der Waals surface area contributed by atoms with Gasteiger partial charge in [0.2, 0.25) is 12.7 Å². The topological polar surface area (TPSA) is 42.0 Å². The molecule has 4 saturated heterocycles. The molecule has 0 radical (unpaired) electrons. The number of carbonyl (C=O) groups excluding carboxylic acids is 1. The maximum atomic E-state index is 13.4. The molecule has 0 aromatic heterocycles. The monoisotopic (exact) mass is 368 g/mol. The molecule has 1 aromatic carbocycles. The van der Waals surface area contributed by atoms with Crippen molar-refractivity contribution < 1.29 is 14.3 Å². The Hall–Kier alpha value is -1.75. The number of likely N-dealkylation sites (tertiary alicyclic amines) is 1. The maximum absolute atomic E-state index is 13.4. The molecular formula is C22H28N2O3. The van der Waals surface area contributed by atoms with Crippen LogP contribution in [0.25, 0.3) is 0 Å². The summed E-state index contributed by atoms with van der Waals surface area (Å²) in [6.45, 7) is 3.57. The summed E-state index contributed by atoms with van der Waals surface area (Å²) in [4.78, 5) is 18.4. The van der Waals surface area contributed by atoms with Crippen LogP contribution in [0, 0.1) is 11.8 Å². The number of amides is 1. The van der Waals surface area contributed by atoms with Crippen LogP contribution in [-0.2, 0) is 4.79 Å². The molecular weight excluding hydrogens is 340 g/mol. The first-order chi connectivity index (χ1) is 13.3. The van der Waals surface area contributed by atoms with Gasteiger partial charge in [-0.05, 0) is 62.4 Å². The first kappa shape index (κ1) is 16.2. The molecule has 1 saturated carbocycles. The van der Waals surface area contributed by atoms with Crippen LogP contribution in [0.15, 0.2) is 18.2 Å². The van der Waals surface area contributed by atoms with Gasteiger partial charge in [-0.1, -0.05) is 18.9 Å². The molecule has 2 bridgehead atoms. The molecule has 5 heteroatoms. The number of benzene rings is 1. The fraction of sp³-hybridized carbons (Fsp3) is 0.682. The Morgan fingerprint density at radius 2 is 1.74 bits per heavy atom. The molecule has 27 heavy (non-hydrogen) atoms. The van der Waals surface area contributed by atoms with Crippen LogP contribution in [0.5, 0.6) is 11.5 Å². The van der Waals surface area contributed by atoms with Crippen molar-refractivity contribution in [1.82, 2.24) is 9.80 Å². The highest BCUT2D eigenvalue weighted by molar-refractivity contribution is 5.80. The Kier molecular flexibility index (Phi) is 3.68. The number of rotatable bonds is 2. The highest BCUT2D eigenvalue weighted by Crippen LogP contribution is 2.48. The SMILES string of the molecule is O=C(C1CCCC1)N1C[C@H](c2ccc3c(c2)OCO3)[C@H]2[C@@H]1C1CCN2CC1. The van der Waals surface area contributed by atoms with Gasteiger partial charge in [0.15, 0.2) is 11.5 Å². The second-order valence-corrected chi connectivity index (χ2v) is 9.05. The quantitative estimate of drug-likeness (QED) is 0.805. The highest BCUT2D eigenvalue weighted by atomic mass is 16.7. The Bertz CT molecular complexity index is 752. The van der Waals surface area contributed by atoms with E-state index in [9.17, 15) is 4.79 Å². The minimum atomic E-state index is 0.275. The summed E-state index contributed by atoms with van der Waals surface area (Å²) >= 11 is 0. The molecule has 3 atom stereocenters. The first-order valence-electron chi connectivity index (χ1n) is 10.7. The molecule has 5 nitrogen and oxygen atoms in total. The second-order valence-electron chi connectivity index (χ2n) is 9.05. The van der Waals surface area contributed by atoms with Gasteiger partial charge in [-0.3, -0.25) is 9.69 Å². The summed E-state index contributed by atoms with van der Waals surface area (Å²) in [5, 5.41) is 0. The molecule has 0 spiro atoms. The van der Waals surface area contributed by atoms with E-state index in [1.807, 2.05) is 6.07 Å². The van der Waals surface area contributed by atoms with E-state index >= 15 is 0 Å². The van der Waals surface area contributed by atoms with Crippen LogP contribution in [0.3, 0.4) is 0 Å². The van der Waals surface area contributed by atoms with Gasteiger partial charge in [-0.15, -0.1) is 0 Å². The highest BCUT2D eigenvalue weighted by Gasteiger charge is 2.55. The summed E-state index contributed by atoms with van der Waals surface area (Å²) in [5.41, 5.74) is 1.31. The van der Waals surface area contributed by atoms with Crippen molar-refractivity contribution in [2.24, 2.45) is 11.8 Å². The van der Waals surface area contributed by atoms with Crippen LogP contribution in [0.2, 0.25) is 0 Å². The smallest absolute Gasteiger partial charge is 0.231 e. The Morgan fingerprint density at radius 3 is 2.56 bits per heavy atom. The summed E-state index contributed by atoms with van der Waals surface area (Å²) in [6, 6.07) is 7.29. The Labute approximate surface area is 160 Å². The van der Waals surface area contributed by atoms with Crippen LogP contribution >= 0.6 is 0 Å². The predicted octanol–water partition coefficient (Wildman–Crippen LogP) is 2.99. The third-order valence-electron chi connectivity index (χ3n) is 7.81. The summed E-state index contributed by atoms with van der Waals surface area (Å²) in [7, 11) is 0. The Balaban J connectivity index is 1.35. The number of piperidine rings is 3. The normalized spacial score (nSPS) is 37.0. The molecule has 6 aliphatic rings. The van der Waals surface area contributed by atoms with Gasteiger partial charge in [-0.25, -0.2) is 0 Å². The molecule has 0 N–H and O–H groups in total. The van der Waals surface area contributed by atoms with E-state index < -0.39 is 0 Å². The average molecular weight is 368 g/mol. The van der Waals surface area contributed by atoms with Crippen LogP contribution < -0.4 is 9.47 Å². The maximum Gasteiger partial charge on any atom is 0.231 e. The number of hydrogen-bond acceptors (Lipinski definition) is 4. The predicted molar refractivity (Wildman–Crippen MR) is 101 cm³/mol. The molecule has 1 aliphatic carbocycles. The zero-order chi connectivity index (χ0) is 18.0. The number of fused-ring (bicyclic) bond motifs is 3. The van der Waals surface area contributed by atoms with Crippen molar-refractivity contribution in [1.29, 1.82) is 0 Å². The van der Waals surface area contributed by atoms with Crippen molar-refractivity contribution in [2.75, 3.05) is 26.4 Å². The van der Waals surface area contributed by atoms with Gasteiger partial charge in [-0.2, -0.15) is 0 Å². The molecule has 5 aliphatic heterocycles. The molecule has 5 fully saturated rings. The molecule has 1 aromatic rings. The average Bonchev–Trinajstić information content (AvgIpc) is 3.47. The number of hydrogen-bond donors (Lipinski definition) is 0. The summed E-state index contributed by atoms with van der Waals surface area (Å²) in [6.07, 6.45) is 7.14. The van der Waals surface area contributed by atoms with E-state index in [4.69, 9.17) is 9.47 Å². The summed E-state index contributed by atoms with van der Waals surface area (Å²) < 4.78 is 11.1. The zero-order valence-corrected chi connectivity index (χ0v) is 15.8. The van der Waals surface area contributed by atoms with Crippen molar-refractivity contribution in [3.05, 3.63) is 23.8 Å².